The highest BCUT2D eigenvalue weighted by molar-refractivity contribution is 5.96. The van der Waals surface area contributed by atoms with Gasteiger partial charge in [0.05, 0.1) is 11.6 Å². The molecule has 0 fully saturated rings. The van der Waals surface area contributed by atoms with Crippen LogP contribution in [0.1, 0.15) is 18.4 Å². The lowest BCUT2D eigenvalue weighted by Crippen LogP contribution is -2.29. The maximum Gasteiger partial charge on any atom is 0.331 e. The van der Waals surface area contributed by atoms with Crippen LogP contribution in [-0.4, -0.2) is 23.0 Å². The van der Waals surface area contributed by atoms with Crippen LogP contribution in [0.4, 0.5) is 5.69 Å². The molecule has 0 unspecified atom stereocenters. The molecule has 1 atom stereocenters. The number of amides is 1. The van der Waals surface area contributed by atoms with Gasteiger partial charge in [0, 0.05) is 17.8 Å². The quantitative estimate of drug-likeness (QED) is 0.552. The second kappa shape index (κ2) is 7.97. The Balaban J connectivity index is 1.57. The summed E-state index contributed by atoms with van der Waals surface area (Å²) in [4.78, 5) is 28.2. The highest BCUT2D eigenvalue weighted by Crippen LogP contribution is 2.15. The number of esters is 1. The van der Waals surface area contributed by atoms with Crippen LogP contribution in [0.3, 0.4) is 0 Å². The molecule has 0 spiro atoms. The van der Waals surface area contributed by atoms with Crippen LogP contribution in [-0.2, 0) is 14.3 Å². The molecule has 27 heavy (non-hydrogen) atoms. The standard InChI is InChI=1S/C20H15N3O4/c1-13(20(25)22-15-6-4-5-14(11-15)12-21)26-19(24)10-9-18-23-16-7-2-3-8-17(16)27-18/h2-11,13H,1H3,(H,22,25)/b10-9+/t13-/m1/s1. The number of rotatable bonds is 5. The smallest absolute Gasteiger partial charge is 0.331 e. The number of benzene rings is 2. The van der Waals surface area contributed by atoms with E-state index in [1.807, 2.05) is 18.2 Å². The number of hydrogen-bond donors (Lipinski definition) is 1. The Morgan fingerprint density at radius 1 is 1.26 bits per heavy atom. The van der Waals surface area contributed by atoms with E-state index in [9.17, 15) is 9.59 Å². The molecule has 0 radical (unpaired) electrons. The van der Waals surface area contributed by atoms with E-state index >= 15 is 0 Å². The first-order valence-electron chi connectivity index (χ1n) is 8.10. The highest BCUT2D eigenvalue weighted by atomic mass is 16.5. The van der Waals surface area contributed by atoms with Gasteiger partial charge >= 0.3 is 5.97 Å². The van der Waals surface area contributed by atoms with Crippen molar-refractivity contribution < 1.29 is 18.7 Å². The summed E-state index contributed by atoms with van der Waals surface area (Å²) in [6, 6.07) is 15.6. The summed E-state index contributed by atoms with van der Waals surface area (Å²) >= 11 is 0. The van der Waals surface area contributed by atoms with Gasteiger partial charge in [0.15, 0.2) is 11.7 Å². The predicted octanol–water partition coefficient (Wildman–Crippen LogP) is 3.28. The summed E-state index contributed by atoms with van der Waals surface area (Å²) in [7, 11) is 0. The van der Waals surface area contributed by atoms with Gasteiger partial charge in [-0.25, -0.2) is 9.78 Å². The number of anilines is 1. The molecule has 1 heterocycles. The van der Waals surface area contributed by atoms with Gasteiger partial charge in [-0.05, 0) is 37.3 Å². The van der Waals surface area contributed by atoms with E-state index in [-0.39, 0.29) is 5.89 Å². The van der Waals surface area contributed by atoms with E-state index < -0.39 is 18.0 Å². The molecule has 3 aromatic rings. The Hall–Kier alpha value is -3.92. The summed E-state index contributed by atoms with van der Waals surface area (Å²) in [5, 5.41) is 11.5. The maximum atomic E-state index is 12.1. The van der Waals surface area contributed by atoms with Gasteiger partial charge in [-0.2, -0.15) is 5.26 Å². The van der Waals surface area contributed by atoms with E-state index in [1.165, 1.54) is 19.1 Å². The minimum Gasteiger partial charge on any atom is -0.449 e. The number of nitriles is 1. The molecule has 134 valence electrons. The lowest BCUT2D eigenvalue weighted by molar-refractivity contribution is -0.148. The van der Waals surface area contributed by atoms with E-state index in [2.05, 4.69) is 10.3 Å². The van der Waals surface area contributed by atoms with Gasteiger partial charge in [0.2, 0.25) is 5.89 Å². The van der Waals surface area contributed by atoms with Crippen molar-refractivity contribution in [2.24, 2.45) is 0 Å². The van der Waals surface area contributed by atoms with Crippen molar-refractivity contribution in [2.75, 3.05) is 5.32 Å². The second-order valence-corrected chi connectivity index (χ2v) is 5.61. The number of carbonyl (C=O) groups is 2. The van der Waals surface area contributed by atoms with Crippen LogP contribution >= 0.6 is 0 Å². The molecule has 1 N–H and O–H groups in total. The fourth-order valence-electron chi connectivity index (χ4n) is 2.28. The molecular formula is C20H15N3O4. The van der Waals surface area contributed by atoms with Crippen molar-refractivity contribution in [3.8, 4) is 6.07 Å². The topological polar surface area (TPSA) is 105 Å². The van der Waals surface area contributed by atoms with Crippen LogP contribution in [0.2, 0.25) is 0 Å². The predicted molar refractivity (Wildman–Crippen MR) is 98.4 cm³/mol. The third-order valence-corrected chi connectivity index (χ3v) is 3.59. The molecule has 3 rings (SSSR count). The Morgan fingerprint density at radius 3 is 2.85 bits per heavy atom. The van der Waals surface area contributed by atoms with Crippen molar-refractivity contribution in [3.05, 3.63) is 66.1 Å². The summed E-state index contributed by atoms with van der Waals surface area (Å²) in [6.45, 7) is 1.45. The van der Waals surface area contributed by atoms with Crippen molar-refractivity contribution >= 4 is 34.7 Å². The van der Waals surface area contributed by atoms with E-state index in [1.54, 1.807) is 30.3 Å². The zero-order chi connectivity index (χ0) is 19.2. The normalized spacial score (nSPS) is 11.9. The molecule has 7 nitrogen and oxygen atoms in total. The largest absolute Gasteiger partial charge is 0.449 e. The SMILES string of the molecule is C[C@@H](OC(=O)/C=C/c1nc2ccccc2o1)C(=O)Nc1cccc(C#N)c1. The molecule has 1 aromatic heterocycles. The van der Waals surface area contributed by atoms with Crippen molar-refractivity contribution in [3.63, 3.8) is 0 Å². The van der Waals surface area contributed by atoms with Crippen LogP contribution in [0, 0.1) is 11.3 Å². The Morgan fingerprint density at radius 2 is 2.07 bits per heavy atom. The Kier molecular flexibility index (Phi) is 5.28. The van der Waals surface area contributed by atoms with Gasteiger partial charge in [-0.1, -0.05) is 18.2 Å². The third kappa shape index (κ3) is 4.58. The summed E-state index contributed by atoms with van der Waals surface area (Å²) in [5.41, 5.74) is 2.15. The van der Waals surface area contributed by atoms with Gasteiger partial charge in [-0.3, -0.25) is 4.79 Å². The van der Waals surface area contributed by atoms with Crippen molar-refractivity contribution in [1.29, 1.82) is 5.26 Å². The monoisotopic (exact) mass is 361 g/mol. The third-order valence-electron chi connectivity index (χ3n) is 3.59. The lowest BCUT2D eigenvalue weighted by atomic mass is 10.2. The zero-order valence-electron chi connectivity index (χ0n) is 14.4. The number of hydrogen-bond acceptors (Lipinski definition) is 6. The van der Waals surface area contributed by atoms with E-state index in [4.69, 9.17) is 14.4 Å². The minimum atomic E-state index is -1.02. The molecule has 7 heteroatoms. The highest BCUT2D eigenvalue weighted by Gasteiger charge is 2.17. The molecule has 0 saturated heterocycles. The summed E-state index contributed by atoms with van der Waals surface area (Å²) in [5.74, 6) is -0.946. The fraction of sp³-hybridized carbons (Fsp3) is 0.100. The first kappa shape index (κ1) is 17.9. The van der Waals surface area contributed by atoms with Gasteiger partial charge in [0.25, 0.3) is 5.91 Å². The summed E-state index contributed by atoms with van der Waals surface area (Å²) < 4.78 is 10.5. The summed E-state index contributed by atoms with van der Waals surface area (Å²) in [6.07, 6.45) is 1.50. The van der Waals surface area contributed by atoms with Crippen LogP contribution < -0.4 is 5.32 Å². The minimum absolute atomic E-state index is 0.263. The maximum absolute atomic E-state index is 12.1. The molecule has 1 amide bonds. The lowest BCUT2D eigenvalue weighted by Gasteiger charge is -2.12. The number of carbonyl (C=O) groups excluding carboxylic acids is 2. The molecule has 0 bridgehead atoms. The fourth-order valence-corrected chi connectivity index (χ4v) is 2.28. The van der Waals surface area contributed by atoms with Crippen LogP contribution in [0.5, 0.6) is 0 Å². The Bertz CT molecular complexity index is 1030. The first-order chi connectivity index (χ1) is 13.0. The molecule has 0 aliphatic rings. The zero-order valence-corrected chi connectivity index (χ0v) is 14.4. The number of ether oxygens (including phenoxy) is 1. The molecule has 0 aliphatic heterocycles. The van der Waals surface area contributed by atoms with Crippen molar-refractivity contribution in [1.82, 2.24) is 4.98 Å². The number of fused-ring (bicyclic) bond motifs is 1. The number of aromatic nitrogens is 1. The average molecular weight is 361 g/mol. The van der Waals surface area contributed by atoms with E-state index in [0.717, 1.165) is 6.08 Å². The molecular weight excluding hydrogens is 346 g/mol. The number of para-hydroxylation sites is 2. The van der Waals surface area contributed by atoms with Gasteiger partial charge < -0.3 is 14.5 Å². The second-order valence-electron chi connectivity index (χ2n) is 5.61. The number of nitrogens with zero attached hydrogens (tertiary/aromatic N) is 2. The molecule has 0 saturated carbocycles. The Labute approximate surface area is 154 Å². The number of nitrogens with one attached hydrogen (secondary N) is 1. The average Bonchev–Trinajstić information content (AvgIpc) is 3.09. The van der Waals surface area contributed by atoms with Crippen molar-refractivity contribution in [2.45, 2.75) is 13.0 Å². The van der Waals surface area contributed by atoms with Crippen LogP contribution in [0.15, 0.2) is 59.0 Å². The molecule has 2 aromatic carbocycles. The number of oxazole rings is 1. The van der Waals surface area contributed by atoms with Gasteiger partial charge in [0.1, 0.15) is 5.52 Å². The first-order valence-corrected chi connectivity index (χ1v) is 8.10. The van der Waals surface area contributed by atoms with E-state index in [0.29, 0.717) is 22.4 Å². The molecule has 0 aliphatic carbocycles. The van der Waals surface area contributed by atoms with Gasteiger partial charge in [-0.15, -0.1) is 0 Å². The van der Waals surface area contributed by atoms with Crippen LogP contribution in [0.25, 0.3) is 17.2 Å².